The average Bonchev–Trinajstić information content (AvgIpc) is 2.87. The highest BCUT2D eigenvalue weighted by atomic mass is 19.4. The molecule has 2 fully saturated rings. The van der Waals surface area contributed by atoms with Crippen molar-refractivity contribution < 1.29 is 13.2 Å². The second-order valence-corrected chi connectivity index (χ2v) is 6.73. The van der Waals surface area contributed by atoms with E-state index in [0.29, 0.717) is 11.8 Å². The van der Waals surface area contributed by atoms with Crippen LogP contribution in [0.1, 0.15) is 45.4 Å². The van der Waals surface area contributed by atoms with E-state index in [9.17, 15) is 13.2 Å². The molecule has 2 nitrogen and oxygen atoms in total. The molecule has 1 saturated carbocycles. The van der Waals surface area contributed by atoms with Crippen molar-refractivity contribution in [2.75, 3.05) is 32.7 Å². The van der Waals surface area contributed by atoms with Gasteiger partial charge in [0.05, 0.1) is 6.42 Å². The third-order valence-corrected chi connectivity index (χ3v) is 5.00. The van der Waals surface area contributed by atoms with Crippen molar-refractivity contribution in [2.24, 2.45) is 17.8 Å². The Balaban J connectivity index is 1.45. The lowest BCUT2D eigenvalue weighted by atomic mass is 10.1. The zero-order valence-electron chi connectivity index (χ0n) is 13.1. The molecule has 2 unspecified atom stereocenters. The van der Waals surface area contributed by atoms with Gasteiger partial charge in [-0.3, -0.25) is 0 Å². The molecule has 0 spiro atoms. The van der Waals surface area contributed by atoms with E-state index in [1.807, 2.05) is 4.90 Å². The van der Waals surface area contributed by atoms with E-state index >= 15 is 0 Å². The SMILES string of the molecule is CCCCCCCNCC1C2CN(CCC(F)(F)F)CC12. The zero-order valence-corrected chi connectivity index (χ0v) is 13.1. The Labute approximate surface area is 126 Å². The summed E-state index contributed by atoms with van der Waals surface area (Å²) < 4.78 is 36.5. The Morgan fingerprint density at radius 2 is 1.71 bits per heavy atom. The summed E-state index contributed by atoms with van der Waals surface area (Å²) in [6.45, 7) is 6.33. The Bertz CT molecular complexity index is 294. The number of halogens is 3. The predicted octanol–water partition coefficient (Wildman–Crippen LogP) is 3.68. The van der Waals surface area contributed by atoms with Crippen LogP contribution in [0.15, 0.2) is 0 Å². The van der Waals surface area contributed by atoms with Crippen LogP contribution in [0, 0.1) is 17.8 Å². The summed E-state index contributed by atoms with van der Waals surface area (Å²) in [4.78, 5) is 1.99. The molecule has 1 aliphatic carbocycles. The molecule has 0 aromatic rings. The van der Waals surface area contributed by atoms with Crippen LogP contribution >= 0.6 is 0 Å². The van der Waals surface area contributed by atoms with Crippen LogP contribution in [-0.4, -0.2) is 43.8 Å². The molecule has 1 N–H and O–H groups in total. The highest BCUT2D eigenvalue weighted by Crippen LogP contribution is 2.51. The zero-order chi connectivity index (χ0) is 15.3. The van der Waals surface area contributed by atoms with Crippen LogP contribution in [0.4, 0.5) is 13.2 Å². The van der Waals surface area contributed by atoms with E-state index in [2.05, 4.69) is 12.2 Å². The first-order valence-corrected chi connectivity index (χ1v) is 8.51. The van der Waals surface area contributed by atoms with E-state index in [-0.39, 0.29) is 6.54 Å². The number of hydrogen-bond donors (Lipinski definition) is 1. The maximum Gasteiger partial charge on any atom is 0.390 e. The van der Waals surface area contributed by atoms with Crippen LogP contribution in [0.5, 0.6) is 0 Å². The van der Waals surface area contributed by atoms with Gasteiger partial charge in [-0.25, -0.2) is 0 Å². The Morgan fingerprint density at radius 1 is 1.05 bits per heavy atom. The van der Waals surface area contributed by atoms with Gasteiger partial charge in [0.1, 0.15) is 0 Å². The van der Waals surface area contributed by atoms with Gasteiger partial charge in [0.15, 0.2) is 0 Å². The quantitative estimate of drug-likeness (QED) is 0.619. The van der Waals surface area contributed by atoms with Crippen molar-refractivity contribution in [1.29, 1.82) is 0 Å². The Hall–Kier alpha value is -0.290. The largest absolute Gasteiger partial charge is 0.390 e. The Morgan fingerprint density at radius 3 is 2.33 bits per heavy atom. The fraction of sp³-hybridized carbons (Fsp3) is 1.00. The van der Waals surface area contributed by atoms with E-state index < -0.39 is 12.6 Å². The van der Waals surface area contributed by atoms with E-state index in [0.717, 1.165) is 32.1 Å². The lowest BCUT2D eigenvalue weighted by molar-refractivity contribution is -0.137. The molecule has 2 rings (SSSR count). The van der Waals surface area contributed by atoms with Crippen molar-refractivity contribution in [2.45, 2.75) is 51.6 Å². The first kappa shape index (κ1) is 17.1. The molecule has 0 radical (unpaired) electrons. The molecule has 0 bridgehead atoms. The molecule has 21 heavy (non-hydrogen) atoms. The maximum absolute atomic E-state index is 12.2. The summed E-state index contributed by atoms with van der Waals surface area (Å²) in [5.74, 6) is 2.04. The molecule has 0 aromatic carbocycles. The number of nitrogens with one attached hydrogen (secondary N) is 1. The number of alkyl halides is 3. The highest BCUT2D eigenvalue weighted by molar-refractivity contribution is 5.05. The fourth-order valence-electron chi connectivity index (χ4n) is 3.63. The number of hydrogen-bond acceptors (Lipinski definition) is 2. The second kappa shape index (κ2) is 7.82. The van der Waals surface area contributed by atoms with Gasteiger partial charge in [0.25, 0.3) is 0 Å². The first-order chi connectivity index (χ1) is 10.0. The lowest BCUT2D eigenvalue weighted by Gasteiger charge is -2.20. The topological polar surface area (TPSA) is 15.3 Å². The molecule has 2 aliphatic rings. The standard InChI is InChI=1S/C16H29F3N2/c1-2-3-4-5-6-8-20-10-13-14-11-21(12-15(13)14)9-7-16(17,18)19/h13-15,20H,2-12H2,1H3. The average molecular weight is 306 g/mol. The van der Waals surface area contributed by atoms with Crippen LogP contribution in [0.2, 0.25) is 0 Å². The summed E-state index contributed by atoms with van der Waals surface area (Å²) in [6.07, 6.45) is 1.84. The van der Waals surface area contributed by atoms with Crippen molar-refractivity contribution >= 4 is 0 Å². The van der Waals surface area contributed by atoms with Crippen molar-refractivity contribution in [3.8, 4) is 0 Å². The van der Waals surface area contributed by atoms with Crippen molar-refractivity contribution in [1.82, 2.24) is 10.2 Å². The minimum absolute atomic E-state index is 0.189. The molecule has 1 saturated heterocycles. The predicted molar refractivity (Wildman–Crippen MR) is 79.2 cm³/mol. The molecule has 1 aliphatic heterocycles. The second-order valence-electron chi connectivity index (χ2n) is 6.73. The number of likely N-dealkylation sites (tertiary alicyclic amines) is 1. The van der Waals surface area contributed by atoms with Gasteiger partial charge in [-0.2, -0.15) is 13.2 Å². The van der Waals surface area contributed by atoms with Crippen molar-refractivity contribution in [3.05, 3.63) is 0 Å². The van der Waals surface area contributed by atoms with Crippen molar-refractivity contribution in [3.63, 3.8) is 0 Å². The van der Waals surface area contributed by atoms with E-state index in [4.69, 9.17) is 0 Å². The maximum atomic E-state index is 12.2. The van der Waals surface area contributed by atoms with Gasteiger partial charge >= 0.3 is 6.18 Å². The molecule has 1 heterocycles. The summed E-state index contributed by atoms with van der Waals surface area (Å²) in [7, 11) is 0. The summed E-state index contributed by atoms with van der Waals surface area (Å²) in [5, 5.41) is 3.53. The molecule has 0 aromatic heterocycles. The first-order valence-electron chi connectivity index (χ1n) is 8.51. The highest BCUT2D eigenvalue weighted by Gasteiger charge is 2.54. The summed E-state index contributed by atoms with van der Waals surface area (Å²) in [5.41, 5.74) is 0. The molecular weight excluding hydrogens is 277 g/mol. The van der Waals surface area contributed by atoms with Gasteiger partial charge in [0, 0.05) is 19.6 Å². The van der Waals surface area contributed by atoms with Gasteiger partial charge in [-0.05, 0) is 37.3 Å². The molecule has 124 valence electrons. The van der Waals surface area contributed by atoms with Crippen LogP contribution in [-0.2, 0) is 0 Å². The monoisotopic (exact) mass is 306 g/mol. The summed E-state index contributed by atoms with van der Waals surface area (Å²) >= 11 is 0. The fourth-order valence-corrected chi connectivity index (χ4v) is 3.63. The van der Waals surface area contributed by atoms with Gasteiger partial charge in [-0.1, -0.05) is 32.6 Å². The van der Waals surface area contributed by atoms with Gasteiger partial charge < -0.3 is 10.2 Å². The van der Waals surface area contributed by atoms with Crippen LogP contribution in [0.3, 0.4) is 0 Å². The van der Waals surface area contributed by atoms with Gasteiger partial charge in [0.2, 0.25) is 0 Å². The van der Waals surface area contributed by atoms with E-state index in [1.165, 1.54) is 32.1 Å². The molecule has 2 atom stereocenters. The molecule has 0 amide bonds. The third-order valence-electron chi connectivity index (χ3n) is 5.00. The number of nitrogens with zero attached hydrogens (tertiary/aromatic N) is 1. The van der Waals surface area contributed by atoms with Crippen LogP contribution in [0.25, 0.3) is 0 Å². The smallest absolute Gasteiger partial charge is 0.316 e. The van der Waals surface area contributed by atoms with E-state index in [1.54, 1.807) is 0 Å². The number of fused-ring (bicyclic) bond motifs is 1. The van der Waals surface area contributed by atoms with Gasteiger partial charge in [-0.15, -0.1) is 0 Å². The normalized spacial score (nSPS) is 28.9. The lowest BCUT2D eigenvalue weighted by Crippen LogP contribution is -2.31. The number of rotatable bonds is 10. The minimum atomic E-state index is -4.01. The third kappa shape index (κ3) is 5.78. The van der Waals surface area contributed by atoms with Crippen LogP contribution < -0.4 is 5.32 Å². The Kier molecular flexibility index (Phi) is 6.35. The number of piperidine rings is 1. The molecular formula is C16H29F3N2. The summed E-state index contributed by atoms with van der Waals surface area (Å²) in [6, 6.07) is 0. The molecule has 5 heteroatoms. The number of unbranched alkanes of at least 4 members (excludes halogenated alkanes) is 4. The minimum Gasteiger partial charge on any atom is -0.316 e.